The molecule has 3 nitrogen and oxygen atoms in total. The Balaban J connectivity index is 1.62. The molecule has 2 saturated heterocycles. The summed E-state index contributed by atoms with van der Waals surface area (Å²) in [5.41, 5.74) is 1.41. The first kappa shape index (κ1) is 14.5. The first-order chi connectivity index (χ1) is 10.3. The first-order valence-electron chi connectivity index (χ1n) is 7.91. The van der Waals surface area contributed by atoms with E-state index in [2.05, 4.69) is 15.9 Å². The Morgan fingerprint density at radius 2 is 2.00 bits per heavy atom. The van der Waals surface area contributed by atoms with Crippen molar-refractivity contribution in [2.24, 2.45) is 0 Å². The molecule has 2 fully saturated rings. The third-order valence-electron chi connectivity index (χ3n) is 4.74. The molecule has 1 aromatic carbocycles. The number of hydrogen-bond acceptors (Lipinski definition) is 3. The maximum atomic E-state index is 13.4. The molecule has 0 bridgehead atoms. The van der Waals surface area contributed by atoms with Gasteiger partial charge in [-0.15, -0.1) is 0 Å². The molecule has 1 aromatic rings. The Bertz CT molecular complexity index is 531. The fourth-order valence-corrected chi connectivity index (χ4v) is 3.58. The Hall–Kier alpha value is -1.44. The van der Waals surface area contributed by atoms with E-state index in [1.165, 1.54) is 50.9 Å². The van der Waals surface area contributed by atoms with Gasteiger partial charge in [-0.1, -0.05) is 6.42 Å². The van der Waals surface area contributed by atoms with Gasteiger partial charge in [-0.05, 0) is 56.1 Å². The summed E-state index contributed by atoms with van der Waals surface area (Å²) in [4.78, 5) is 4.97. The van der Waals surface area contributed by atoms with Gasteiger partial charge in [0.2, 0.25) is 0 Å². The van der Waals surface area contributed by atoms with E-state index in [1.54, 1.807) is 6.07 Å². The average molecular weight is 287 g/mol. The van der Waals surface area contributed by atoms with Crippen molar-refractivity contribution < 1.29 is 4.39 Å². The van der Waals surface area contributed by atoms with E-state index in [4.69, 9.17) is 5.26 Å². The van der Waals surface area contributed by atoms with Crippen molar-refractivity contribution in [2.75, 3.05) is 26.2 Å². The fourth-order valence-electron chi connectivity index (χ4n) is 3.58. The van der Waals surface area contributed by atoms with Crippen molar-refractivity contribution in [2.45, 2.75) is 38.3 Å². The first-order valence-corrected chi connectivity index (χ1v) is 7.91. The van der Waals surface area contributed by atoms with Crippen LogP contribution in [0.1, 0.15) is 36.8 Å². The minimum absolute atomic E-state index is 0.254. The lowest BCUT2D eigenvalue weighted by Crippen LogP contribution is -2.40. The van der Waals surface area contributed by atoms with Crippen LogP contribution < -0.4 is 0 Å². The quantitative estimate of drug-likeness (QED) is 0.856. The molecule has 0 spiro atoms. The number of benzene rings is 1. The molecule has 3 rings (SSSR count). The minimum Gasteiger partial charge on any atom is -0.299 e. The Labute approximate surface area is 126 Å². The third-order valence-corrected chi connectivity index (χ3v) is 4.74. The number of halogens is 1. The third kappa shape index (κ3) is 3.42. The molecule has 0 radical (unpaired) electrons. The molecule has 112 valence electrons. The predicted molar refractivity (Wildman–Crippen MR) is 80.2 cm³/mol. The summed E-state index contributed by atoms with van der Waals surface area (Å²) in [5, 5.41) is 9.14. The van der Waals surface area contributed by atoms with Gasteiger partial charge in [-0.25, -0.2) is 4.39 Å². The molecule has 1 unspecified atom stereocenters. The second-order valence-corrected chi connectivity index (χ2v) is 6.19. The standard InChI is InChI=1S/C17H22FN3/c18-16-5-4-14(11-19)15(10-16)12-20-9-6-17(13-20)21-7-2-1-3-8-21/h4-5,10,17H,1-3,6-9,12-13H2. The van der Waals surface area contributed by atoms with E-state index in [1.807, 2.05) is 0 Å². The van der Waals surface area contributed by atoms with E-state index < -0.39 is 0 Å². The van der Waals surface area contributed by atoms with Gasteiger partial charge in [-0.2, -0.15) is 5.26 Å². The normalized spacial score (nSPS) is 24.1. The molecular weight excluding hydrogens is 265 g/mol. The minimum atomic E-state index is -0.254. The van der Waals surface area contributed by atoms with Gasteiger partial charge in [0.1, 0.15) is 5.82 Å². The van der Waals surface area contributed by atoms with Crippen LogP contribution >= 0.6 is 0 Å². The molecule has 1 atom stereocenters. The van der Waals surface area contributed by atoms with Crippen molar-refractivity contribution in [3.63, 3.8) is 0 Å². The molecule has 2 aliphatic heterocycles. The molecule has 2 heterocycles. The molecular formula is C17H22FN3. The highest BCUT2D eigenvalue weighted by Crippen LogP contribution is 2.22. The van der Waals surface area contributed by atoms with Crippen molar-refractivity contribution in [3.05, 3.63) is 35.1 Å². The number of rotatable bonds is 3. The van der Waals surface area contributed by atoms with Gasteiger partial charge in [0, 0.05) is 25.7 Å². The Kier molecular flexibility index (Phi) is 4.52. The monoisotopic (exact) mass is 287 g/mol. The lowest BCUT2D eigenvalue weighted by molar-refractivity contribution is 0.161. The highest BCUT2D eigenvalue weighted by Gasteiger charge is 2.28. The maximum absolute atomic E-state index is 13.4. The summed E-state index contributed by atoms with van der Waals surface area (Å²) in [7, 11) is 0. The van der Waals surface area contributed by atoms with Gasteiger partial charge in [0.15, 0.2) is 0 Å². The zero-order chi connectivity index (χ0) is 14.7. The number of likely N-dealkylation sites (tertiary alicyclic amines) is 2. The van der Waals surface area contributed by atoms with Crippen LogP contribution in [-0.2, 0) is 6.54 Å². The van der Waals surface area contributed by atoms with E-state index in [0.29, 0.717) is 18.2 Å². The molecule has 4 heteroatoms. The van der Waals surface area contributed by atoms with Crippen molar-refractivity contribution in [1.29, 1.82) is 5.26 Å². The van der Waals surface area contributed by atoms with Crippen LogP contribution in [0.25, 0.3) is 0 Å². The molecule has 0 aliphatic carbocycles. The van der Waals surface area contributed by atoms with Crippen LogP contribution in [0.4, 0.5) is 4.39 Å². The summed E-state index contributed by atoms with van der Waals surface area (Å²) in [5.74, 6) is -0.254. The largest absolute Gasteiger partial charge is 0.299 e. The number of nitriles is 1. The zero-order valence-corrected chi connectivity index (χ0v) is 12.4. The number of nitrogens with zero attached hydrogens (tertiary/aromatic N) is 3. The summed E-state index contributed by atoms with van der Waals surface area (Å²) < 4.78 is 13.4. The van der Waals surface area contributed by atoms with Crippen LogP contribution in [0.5, 0.6) is 0 Å². The smallest absolute Gasteiger partial charge is 0.123 e. The van der Waals surface area contributed by atoms with Crippen LogP contribution in [0.2, 0.25) is 0 Å². The van der Waals surface area contributed by atoms with Gasteiger partial charge in [-0.3, -0.25) is 9.80 Å². The van der Waals surface area contributed by atoms with Crippen LogP contribution in [0.3, 0.4) is 0 Å². The average Bonchev–Trinajstić information content (AvgIpc) is 2.97. The highest BCUT2D eigenvalue weighted by atomic mass is 19.1. The predicted octanol–water partition coefficient (Wildman–Crippen LogP) is 2.76. The van der Waals surface area contributed by atoms with E-state index in [9.17, 15) is 4.39 Å². The summed E-state index contributed by atoms with van der Waals surface area (Å²) in [6.45, 7) is 5.22. The van der Waals surface area contributed by atoms with Crippen LogP contribution in [0.15, 0.2) is 18.2 Å². The lowest BCUT2D eigenvalue weighted by atomic mass is 10.1. The Morgan fingerprint density at radius 3 is 2.76 bits per heavy atom. The molecule has 0 N–H and O–H groups in total. The van der Waals surface area contributed by atoms with Gasteiger partial charge in [0.05, 0.1) is 11.6 Å². The summed E-state index contributed by atoms with van der Waals surface area (Å²) in [6.07, 6.45) is 5.19. The second kappa shape index (κ2) is 6.55. The highest BCUT2D eigenvalue weighted by molar-refractivity contribution is 5.37. The number of piperidine rings is 1. The van der Waals surface area contributed by atoms with E-state index in [0.717, 1.165) is 18.7 Å². The summed E-state index contributed by atoms with van der Waals surface area (Å²) in [6, 6.07) is 7.27. The maximum Gasteiger partial charge on any atom is 0.123 e. The number of hydrogen-bond donors (Lipinski definition) is 0. The van der Waals surface area contributed by atoms with Gasteiger partial charge in [0.25, 0.3) is 0 Å². The zero-order valence-electron chi connectivity index (χ0n) is 12.4. The molecule has 0 amide bonds. The van der Waals surface area contributed by atoms with Gasteiger partial charge >= 0.3 is 0 Å². The fraction of sp³-hybridized carbons (Fsp3) is 0.588. The van der Waals surface area contributed by atoms with E-state index >= 15 is 0 Å². The lowest BCUT2D eigenvalue weighted by Gasteiger charge is -2.32. The second-order valence-electron chi connectivity index (χ2n) is 6.19. The van der Waals surface area contributed by atoms with Crippen molar-refractivity contribution >= 4 is 0 Å². The summed E-state index contributed by atoms with van der Waals surface area (Å²) >= 11 is 0. The topological polar surface area (TPSA) is 30.3 Å². The van der Waals surface area contributed by atoms with Gasteiger partial charge < -0.3 is 0 Å². The van der Waals surface area contributed by atoms with Crippen molar-refractivity contribution in [1.82, 2.24) is 9.80 Å². The molecule has 0 aromatic heterocycles. The molecule has 2 aliphatic rings. The van der Waals surface area contributed by atoms with E-state index in [-0.39, 0.29) is 5.82 Å². The molecule has 0 saturated carbocycles. The van der Waals surface area contributed by atoms with Crippen LogP contribution in [0, 0.1) is 17.1 Å². The van der Waals surface area contributed by atoms with Crippen molar-refractivity contribution in [3.8, 4) is 6.07 Å². The Morgan fingerprint density at radius 1 is 1.19 bits per heavy atom. The van der Waals surface area contributed by atoms with Crippen LogP contribution in [-0.4, -0.2) is 42.0 Å². The molecule has 21 heavy (non-hydrogen) atoms. The SMILES string of the molecule is N#Cc1ccc(F)cc1CN1CCC(N2CCCCC2)C1.